The first-order valence-electron chi connectivity index (χ1n) is 5.86. The fraction of sp³-hybridized carbons (Fsp3) is 0.462. The monoisotopic (exact) mass is 253 g/mol. The number of nitrogens with zero attached hydrogens (tertiary/aromatic N) is 1. The number of methoxy groups -OCH3 is 1. The Balaban J connectivity index is 2.58. The van der Waals surface area contributed by atoms with Crippen molar-refractivity contribution in [1.29, 1.82) is 0 Å². The molecule has 0 bridgehead atoms. The number of carbonyl (C=O) groups is 1. The van der Waals surface area contributed by atoms with Gasteiger partial charge in [-0.05, 0) is 24.6 Å². The van der Waals surface area contributed by atoms with Crippen LogP contribution in [0.2, 0.25) is 0 Å². The number of benzene rings is 1. The molecule has 18 heavy (non-hydrogen) atoms. The highest BCUT2D eigenvalue weighted by atomic mass is 16.6. The highest BCUT2D eigenvalue weighted by Crippen LogP contribution is 2.13. The van der Waals surface area contributed by atoms with E-state index < -0.39 is 6.09 Å². The minimum absolute atomic E-state index is 0.0257. The SMILES string of the molecule is CCN(Cc1ccc(OC)cc1)C(=O)OCCO. The fourth-order valence-corrected chi connectivity index (χ4v) is 1.48. The van der Waals surface area contributed by atoms with Crippen LogP contribution in [-0.2, 0) is 11.3 Å². The molecular formula is C13H19NO4. The van der Waals surface area contributed by atoms with E-state index >= 15 is 0 Å². The predicted octanol–water partition coefficient (Wildman–Crippen LogP) is 1.65. The minimum atomic E-state index is -0.414. The van der Waals surface area contributed by atoms with E-state index in [1.807, 2.05) is 31.2 Å². The lowest BCUT2D eigenvalue weighted by molar-refractivity contribution is 0.0836. The minimum Gasteiger partial charge on any atom is -0.497 e. The van der Waals surface area contributed by atoms with Gasteiger partial charge in [0.05, 0.1) is 13.7 Å². The van der Waals surface area contributed by atoms with Gasteiger partial charge in [-0.2, -0.15) is 0 Å². The van der Waals surface area contributed by atoms with Gasteiger partial charge in [0.15, 0.2) is 0 Å². The van der Waals surface area contributed by atoms with Gasteiger partial charge in [-0.3, -0.25) is 0 Å². The number of amides is 1. The van der Waals surface area contributed by atoms with E-state index in [-0.39, 0.29) is 13.2 Å². The Labute approximate surface area is 107 Å². The molecule has 5 heteroatoms. The molecule has 0 heterocycles. The standard InChI is InChI=1S/C13H19NO4/c1-3-14(13(16)18-9-8-15)10-11-4-6-12(17-2)7-5-11/h4-7,15H,3,8-10H2,1-2H3. The summed E-state index contributed by atoms with van der Waals surface area (Å²) in [7, 11) is 1.61. The van der Waals surface area contributed by atoms with Crippen LogP contribution in [-0.4, -0.2) is 43.0 Å². The Morgan fingerprint density at radius 1 is 1.33 bits per heavy atom. The van der Waals surface area contributed by atoms with Crippen molar-refractivity contribution in [3.05, 3.63) is 29.8 Å². The Morgan fingerprint density at radius 3 is 2.50 bits per heavy atom. The van der Waals surface area contributed by atoms with Crippen LogP contribution in [0.5, 0.6) is 5.75 Å². The Morgan fingerprint density at radius 2 is 2.00 bits per heavy atom. The molecule has 0 saturated carbocycles. The largest absolute Gasteiger partial charge is 0.497 e. The first-order chi connectivity index (χ1) is 8.71. The summed E-state index contributed by atoms with van der Waals surface area (Å²) in [5.74, 6) is 0.782. The summed E-state index contributed by atoms with van der Waals surface area (Å²) >= 11 is 0. The number of aliphatic hydroxyl groups excluding tert-OH is 1. The van der Waals surface area contributed by atoms with Crippen molar-refractivity contribution in [2.45, 2.75) is 13.5 Å². The van der Waals surface area contributed by atoms with Gasteiger partial charge in [-0.15, -0.1) is 0 Å². The molecule has 5 nitrogen and oxygen atoms in total. The molecule has 0 saturated heterocycles. The Bertz CT molecular complexity index is 364. The molecule has 0 spiro atoms. The van der Waals surface area contributed by atoms with E-state index in [1.165, 1.54) is 0 Å². The van der Waals surface area contributed by atoms with Crippen LogP contribution in [0.25, 0.3) is 0 Å². The van der Waals surface area contributed by atoms with Gasteiger partial charge in [0.25, 0.3) is 0 Å². The van der Waals surface area contributed by atoms with Gasteiger partial charge in [0.2, 0.25) is 0 Å². The van der Waals surface area contributed by atoms with E-state index in [1.54, 1.807) is 12.0 Å². The van der Waals surface area contributed by atoms with Crippen molar-refractivity contribution in [2.24, 2.45) is 0 Å². The lowest BCUT2D eigenvalue weighted by atomic mass is 10.2. The van der Waals surface area contributed by atoms with Gasteiger partial charge in [0, 0.05) is 13.1 Å². The summed E-state index contributed by atoms with van der Waals surface area (Å²) in [4.78, 5) is 13.2. The first-order valence-corrected chi connectivity index (χ1v) is 5.86. The number of ether oxygens (including phenoxy) is 2. The van der Waals surface area contributed by atoms with Crippen molar-refractivity contribution in [3.63, 3.8) is 0 Å². The third kappa shape index (κ3) is 4.25. The average molecular weight is 253 g/mol. The predicted molar refractivity (Wildman–Crippen MR) is 67.5 cm³/mol. The number of hydrogen-bond donors (Lipinski definition) is 1. The number of hydrogen-bond acceptors (Lipinski definition) is 4. The summed E-state index contributed by atoms with van der Waals surface area (Å²) in [6.45, 7) is 2.77. The average Bonchev–Trinajstić information content (AvgIpc) is 2.42. The third-order valence-electron chi connectivity index (χ3n) is 2.49. The maximum Gasteiger partial charge on any atom is 0.410 e. The lowest BCUT2D eigenvalue weighted by Crippen LogP contribution is -2.31. The zero-order valence-corrected chi connectivity index (χ0v) is 10.8. The maximum atomic E-state index is 11.6. The zero-order chi connectivity index (χ0) is 13.4. The molecule has 100 valence electrons. The van der Waals surface area contributed by atoms with Gasteiger partial charge >= 0.3 is 6.09 Å². The van der Waals surface area contributed by atoms with Crippen LogP contribution >= 0.6 is 0 Å². The van der Waals surface area contributed by atoms with Crippen molar-refractivity contribution in [3.8, 4) is 5.75 Å². The topological polar surface area (TPSA) is 59.0 Å². The maximum absolute atomic E-state index is 11.6. The normalized spacial score (nSPS) is 9.94. The quantitative estimate of drug-likeness (QED) is 0.837. The first kappa shape index (κ1) is 14.3. The van der Waals surface area contributed by atoms with E-state index in [0.717, 1.165) is 11.3 Å². The van der Waals surface area contributed by atoms with Crippen LogP contribution in [0.3, 0.4) is 0 Å². The van der Waals surface area contributed by atoms with E-state index in [0.29, 0.717) is 13.1 Å². The molecule has 1 rings (SSSR count). The second-order valence-corrected chi connectivity index (χ2v) is 3.70. The molecule has 0 atom stereocenters. The van der Waals surface area contributed by atoms with Crippen molar-refractivity contribution in [2.75, 3.05) is 26.9 Å². The van der Waals surface area contributed by atoms with E-state index in [2.05, 4.69) is 0 Å². The van der Waals surface area contributed by atoms with Crippen molar-refractivity contribution < 1.29 is 19.4 Å². The lowest BCUT2D eigenvalue weighted by Gasteiger charge is -2.20. The summed E-state index contributed by atoms with van der Waals surface area (Å²) in [5.41, 5.74) is 0.999. The highest BCUT2D eigenvalue weighted by Gasteiger charge is 2.13. The number of carbonyl (C=O) groups excluding carboxylic acids is 1. The summed E-state index contributed by atoms with van der Waals surface area (Å²) in [5, 5.41) is 8.61. The zero-order valence-electron chi connectivity index (χ0n) is 10.8. The third-order valence-corrected chi connectivity index (χ3v) is 2.49. The summed E-state index contributed by atoms with van der Waals surface area (Å²) in [6, 6.07) is 7.51. The van der Waals surface area contributed by atoms with Gasteiger partial charge < -0.3 is 19.5 Å². The van der Waals surface area contributed by atoms with Crippen LogP contribution in [0, 0.1) is 0 Å². The van der Waals surface area contributed by atoms with E-state index in [4.69, 9.17) is 14.6 Å². The second-order valence-electron chi connectivity index (χ2n) is 3.70. The molecule has 1 N–H and O–H groups in total. The molecule has 0 fully saturated rings. The van der Waals surface area contributed by atoms with Crippen molar-refractivity contribution >= 4 is 6.09 Å². The van der Waals surface area contributed by atoms with Gasteiger partial charge in [-0.1, -0.05) is 12.1 Å². The van der Waals surface area contributed by atoms with Crippen molar-refractivity contribution in [1.82, 2.24) is 4.90 Å². The van der Waals surface area contributed by atoms with E-state index in [9.17, 15) is 4.79 Å². The molecule has 1 aromatic carbocycles. The van der Waals surface area contributed by atoms with Crippen LogP contribution < -0.4 is 4.74 Å². The Kier molecular flexibility index (Phi) is 6.00. The summed E-state index contributed by atoms with van der Waals surface area (Å²) < 4.78 is 9.94. The molecular weight excluding hydrogens is 234 g/mol. The fourth-order valence-electron chi connectivity index (χ4n) is 1.48. The summed E-state index contributed by atoms with van der Waals surface area (Å²) in [6.07, 6.45) is -0.414. The van der Waals surface area contributed by atoms with Crippen LogP contribution in [0.4, 0.5) is 4.79 Å². The smallest absolute Gasteiger partial charge is 0.410 e. The Hall–Kier alpha value is -1.75. The van der Waals surface area contributed by atoms with Gasteiger partial charge in [-0.25, -0.2) is 4.79 Å². The molecule has 0 aliphatic carbocycles. The van der Waals surface area contributed by atoms with Gasteiger partial charge in [0.1, 0.15) is 12.4 Å². The molecule has 1 aromatic rings. The molecule has 1 amide bonds. The molecule has 0 aliphatic rings. The molecule has 0 radical (unpaired) electrons. The molecule has 0 aromatic heterocycles. The van der Waals surface area contributed by atoms with Crippen LogP contribution in [0.1, 0.15) is 12.5 Å². The number of rotatable bonds is 6. The highest BCUT2D eigenvalue weighted by molar-refractivity contribution is 5.67. The molecule has 0 unspecified atom stereocenters. The second kappa shape index (κ2) is 7.55. The molecule has 0 aliphatic heterocycles. The van der Waals surface area contributed by atoms with Crippen LogP contribution in [0.15, 0.2) is 24.3 Å². The number of aliphatic hydroxyl groups is 1.